The number of benzene rings is 2. The van der Waals surface area contributed by atoms with E-state index in [-0.39, 0.29) is 11.7 Å². The van der Waals surface area contributed by atoms with Crippen molar-refractivity contribution in [2.75, 3.05) is 7.11 Å². The largest absolute Gasteiger partial charge is 0.497 e. The summed E-state index contributed by atoms with van der Waals surface area (Å²) in [7, 11) is 3.44. The Bertz CT molecular complexity index is 1110. The fourth-order valence-electron chi connectivity index (χ4n) is 3.49. The number of hydrogen-bond acceptors (Lipinski definition) is 5. The molecule has 0 radical (unpaired) electrons. The molecule has 0 fully saturated rings. The number of imidazole rings is 1. The zero-order valence-corrected chi connectivity index (χ0v) is 17.5. The van der Waals surface area contributed by atoms with E-state index in [0.717, 1.165) is 11.3 Å². The standard InChI is InChI=1S/C23H23FN4O3/c1-23(14-19(27-31-23)15-6-10-18(30-3)11-7-15)22(29)26-20(21-25-12-13-28(21)2)16-4-8-17(24)9-5-16/h4-13,20H,14H2,1-3H3,(H,26,29)/t20-,23+/m1/s1. The number of ether oxygens (including phenoxy) is 1. The highest BCUT2D eigenvalue weighted by molar-refractivity contribution is 6.05. The van der Waals surface area contributed by atoms with Gasteiger partial charge in [0, 0.05) is 25.9 Å². The van der Waals surface area contributed by atoms with E-state index in [1.807, 2.05) is 35.9 Å². The first-order chi connectivity index (χ1) is 14.9. The lowest BCUT2D eigenvalue weighted by Gasteiger charge is -2.25. The van der Waals surface area contributed by atoms with Gasteiger partial charge in [0.25, 0.3) is 5.91 Å². The Hall–Kier alpha value is -3.68. The third-order valence-corrected chi connectivity index (χ3v) is 5.36. The van der Waals surface area contributed by atoms with E-state index < -0.39 is 11.6 Å². The van der Waals surface area contributed by atoms with Crippen LogP contribution in [-0.2, 0) is 16.7 Å². The van der Waals surface area contributed by atoms with E-state index in [1.165, 1.54) is 12.1 Å². The molecule has 8 heteroatoms. The van der Waals surface area contributed by atoms with Crippen molar-refractivity contribution < 1.29 is 18.8 Å². The topological polar surface area (TPSA) is 77.7 Å². The molecule has 0 saturated carbocycles. The van der Waals surface area contributed by atoms with E-state index in [9.17, 15) is 9.18 Å². The van der Waals surface area contributed by atoms with Gasteiger partial charge in [-0.1, -0.05) is 17.3 Å². The van der Waals surface area contributed by atoms with E-state index in [0.29, 0.717) is 23.5 Å². The number of oxime groups is 1. The molecule has 1 amide bonds. The highest BCUT2D eigenvalue weighted by Crippen LogP contribution is 2.29. The number of methoxy groups -OCH3 is 1. The van der Waals surface area contributed by atoms with Crippen molar-refractivity contribution in [2.24, 2.45) is 12.2 Å². The third-order valence-electron chi connectivity index (χ3n) is 5.36. The average molecular weight is 422 g/mol. The molecule has 4 rings (SSSR count). The second-order valence-electron chi connectivity index (χ2n) is 7.62. The number of aryl methyl sites for hydroxylation is 1. The first-order valence-electron chi connectivity index (χ1n) is 9.83. The van der Waals surface area contributed by atoms with Crippen LogP contribution in [0.15, 0.2) is 66.1 Å². The minimum atomic E-state index is -1.18. The Labute approximate surface area is 179 Å². The first kappa shape index (κ1) is 20.6. The molecule has 1 aliphatic heterocycles. The van der Waals surface area contributed by atoms with Crippen LogP contribution in [0.4, 0.5) is 4.39 Å². The lowest BCUT2D eigenvalue weighted by molar-refractivity contribution is -0.142. The van der Waals surface area contributed by atoms with Gasteiger partial charge in [0.15, 0.2) is 0 Å². The van der Waals surface area contributed by atoms with Crippen molar-refractivity contribution >= 4 is 11.6 Å². The van der Waals surface area contributed by atoms with Gasteiger partial charge in [-0.3, -0.25) is 4.79 Å². The molecule has 0 aliphatic carbocycles. The molecule has 0 spiro atoms. The molecule has 2 atom stereocenters. The molecule has 1 aromatic heterocycles. The summed E-state index contributed by atoms with van der Waals surface area (Å²) >= 11 is 0. The summed E-state index contributed by atoms with van der Waals surface area (Å²) in [6.07, 6.45) is 3.75. The Morgan fingerprint density at radius 1 is 1.23 bits per heavy atom. The number of halogens is 1. The van der Waals surface area contributed by atoms with Crippen LogP contribution >= 0.6 is 0 Å². The van der Waals surface area contributed by atoms with Crippen molar-refractivity contribution in [3.05, 3.63) is 83.7 Å². The van der Waals surface area contributed by atoms with Crippen molar-refractivity contribution in [3.8, 4) is 5.75 Å². The van der Waals surface area contributed by atoms with Crippen LogP contribution < -0.4 is 10.1 Å². The Balaban J connectivity index is 1.54. The van der Waals surface area contributed by atoms with Crippen LogP contribution in [0.2, 0.25) is 0 Å². The molecule has 7 nitrogen and oxygen atoms in total. The number of hydrogen-bond donors (Lipinski definition) is 1. The molecule has 160 valence electrons. The maximum Gasteiger partial charge on any atom is 0.268 e. The lowest BCUT2D eigenvalue weighted by atomic mass is 9.94. The molecule has 1 N–H and O–H groups in total. The summed E-state index contributed by atoms with van der Waals surface area (Å²) in [5, 5.41) is 7.16. The predicted molar refractivity (Wildman–Crippen MR) is 113 cm³/mol. The third kappa shape index (κ3) is 4.14. The van der Waals surface area contributed by atoms with Gasteiger partial charge >= 0.3 is 0 Å². The normalized spacial score (nSPS) is 18.8. The zero-order chi connectivity index (χ0) is 22.0. The summed E-state index contributed by atoms with van der Waals surface area (Å²) in [6, 6.07) is 12.8. The molecule has 0 saturated heterocycles. The zero-order valence-electron chi connectivity index (χ0n) is 17.5. The van der Waals surface area contributed by atoms with Gasteiger partial charge in [-0.25, -0.2) is 9.37 Å². The molecule has 2 heterocycles. The molecule has 2 aromatic carbocycles. The van der Waals surface area contributed by atoms with E-state index in [1.54, 1.807) is 38.6 Å². The van der Waals surface area contributed by atoms with Gasteiger partial charge in [-0.05, 0) is 54.4 Å². The number of carbonyl (C=O) groups excluding carboxylic acids is 1. The van der Waals surface area contributed by atoms with Crippen LogP contribution in [0.5, 0.6) is 5.75 Å². The first-order valence-corrected chi connectivity index (χ1v) is 9.83. The Kier molecular flexibility index (Phi) is 5.46. The fraction of sp³-hybridized carbons (Fsp3) is 0.261. The van der Waals surface area contributed by atoms with Gasteiger partial charge in [-0.2, -0.15) is 0 Å². The van der Waals surface area contributed by atoms with Crippen LogP contribution in [0.3, 0.4) is 0 Å². The van der Waals surface area contributed by atoms with Gasteiger partial charge < -0.3 is 19.5 Å². The summed E-state index contributed by atoms with van der Waals surface area (Å²) in [6.45, 7) is 1.70. The van der Waals surface area contributed by atoms with Crippen molar-refractivity contribution in [2.45, 2.75) is 25.0 Å². The summed E-state index contributed by atoms with van der Waals surface area (Å²) in [5.41, 5.74) is 1.06. The minimum absolute atomic E-state index is 0.307. The summed E-state index contributed by atoms with van der Waals surface area (Å²) < 4.78 is 20.4. The summed E-state index contributed by atoms with van der Waals surface area (Å²) in [5.74, 6) is 0.674. The van der Waals surface area contributed by atoms with E-state index in [2.05, 4.69) is 15.5 Å². The Morgan fingerprint density at radius 3 is 2.55 bits per heavy atom. The molecular formula is C23H23FN4O3. The second kappa shape index (κ2) is 8.22. The Morgan fingerprint density at radius 2 is 1.94 bits per heavy atom. The number of nitrogens with zero attached hydrogens (tertiary/aromatic N) is 3. The van der Waals surface area contributed by atoms with E-state index in [4.69, 9.17) is 9.57 Å². The number of nitrogens with one attached hydrogen (secondary N) is 1. The van der Waals surface area contributed by atoms with Crippen LogP contribution in [0.1, 0.15) is 36.3 Å². The van der Waals surface area contributed by atoms with Crippen LogP contribution in [-0.4, -0.2) is 33.9 Å². The second-order valence-corrected chi connectivity index (χ2v) is 7.62. The lowest BCUT2D eigenvalue weighted by Crippen LogP contribution is -2.46. The highest BCUT2D eigenvalue weighted by atomic mass is 19.1. The van der Waals surface area contributed by atoms with Gasteiger partial charge in [0.2, 0.25) is 5.60 Å². The van der Waals surface area contributed by atoms with Gasteiger partial charge in [0.1, 0.15) is 23.4 Å². The van der Waals surface area contributed by atoms with Crippen LogP contribution in [0.25, 0.3) is 0 Å². The minimum Gasteiger partial charge on any atom is -0.497 e. The molecule has 0 bridgehead atoms. The smallest absolute Gasteiger partial charge is 0.268 e. The molecule has 0 unspecified atom stereocenters. The maximum absolute atomic E-state index is 13.4. The van der Waals surface area contributed by atoms with Crippen molar-refractivity contribution in [1.29, 1.82) is 0 Å². The molecule has 1 aliphatic rings. The molecular weight excluding hydrogens is 399 g/mol. The quantitative estimate of drug-likeness (QED) is 0.661. The average Bonchev–Trinajstić information content (AvgIpc) is 3.39. The SMILES string of the molecule is COc1ccc(C2=NO[C@](C)(C(=O)N[C@H](c3ccc(F)cc3)c3nccn3C)C2)cc1. The van der Waals surface area contributed by atoms with Crippen LogP contribution in [0, 0.1) is 5.82 Å². The summed E-state index contributed by atoms with van der Waals surface area (Å²) in [4.78, 5) is 23.2. The molecule has 3 aromatic rings. The monoisotopic (exact) mass is 422 g/mol. The van der Waals surface area contributed by atoms with Gasteiger partial charge in [-0.15, -0.1) is 0 Å². The number of rotatable bonds is 6. The fourth-order valence-corrected chi connectivity index (χ4v) is 3.49. The maximum atomic E-state index is 13.4. The van der Waals surface area contributed by atoms with Gasteiger partial charge in [0.05, 0.1) is 12.8 Å². The number of amides is 1. The van der Waals surface area contributed by atoms with Crippen molar-refractivity contribution in [1.82, 2.24) is 14.9 Å². The molecule has 31 heavy (non-hydrogen) atoms. The van der Waals surface area contributed by atoms with Crippen molar-refractivity contribution in [3.63, 3.8) is 0 Å². The predicted octanol–water partition coefficient (Wildman–Crippen LogP) is 3.36. The van der Waals surface area contributed by atoms with E-state index >= 15 is 0 Å². The number of carbonyl (C=O) groups is 1. The number of aromatic nitrogens is 2. The highest BCUT2D eigenvalue weighted by Gasteiger charge is 2.43.